The molecular formula is C22H22IN3O5. The lowest BCUT2D eigenvalue weighted by atomic mass is 9.90. The molecule has 3 rings (SSSR count). The molecule has 0 radical (unpaired) electrons. The Labute approximate surface area is 193 Å². The molecule has 2 aromatic rings. The van der Waals surface area contributed by atoms with Crippen LogP contribution in [-0.4, -0.2) is 30.9 Å². The van der Waals surface area contributed by atoms with Gasteiger partial charge in [0.25, 0.3) is 5.91 Å². The highest BCUT2D eigenvalue weighted by Crippen LogP contribution is 2.39. The molecule has 0 bridgehead atoms. The molecule has 3 amide bonds. The van der Waals surface area contributed by atoms with Gasteiger partial charge in [0.15, 0.2) is 23.9 Å². The zero-order valence-corrected chi connectivity index (χ0v) is 19.2. The standard InChI is InChI=1S/C22H22IN3O5/c1-3-30-16-10-14(9-15(23)21(16)31-11-17(24)28)20-18(12(2)27)19(25-22(29)26-20)13-7-5-4-6-8-13/h4-10,20H,3,11H2,1-2H3,(H2,24,28)(H2,25,26,29). The van der Waals surface area contributed by atoms with Gasteiger partial charge in [-0.15, -0.1) is 0 Å². The van der Waals surface area contributed by atoms with Crippen LogP contribution >= 0.6 is 22.6 Å². The number of urea groups is 1. The van der Waals surface area contributed by atoms with Crippen molar-refractivity contribution in [2.24, 2.45) is 5.73 Å². The molecule has 4 N–H and O–H groups in total. The van der Waals surface area contributed by atoms with Crippen LogP contribution in [0.15, 0.2) is 48.0 Å². The summed E-state index contributed by atoms with van der Waals surface area (Å²) in [6, 6.07) is 11.6. The summed E-state index contributed by atoms with van der Waals surface area (Å²) in [7, 11) is 0. The van der Waals surface area contributed by atoms with Crippen LogP contribution in [0.1, 0.15) is 31.0 Å². The van der Waals surface area contributed by atoms with Gasteiger partial charge in [-0.05, 0) is 59.7 Å². The molecule has 1 aliphatic heterocycles. The number of halogens is 1. The second-order valence-electron chi connectivity index (χ2n) is 6.76. The molecule has 2 aromatic carbocycles. The Morgan fingerprint density at radius 3 is 2.48 bits per heavy atom. The van der Waals surface area contributed by atoms with Crippen molar-refractivity contribution in [3.8, 4) is 11.5 Å². The fourth-order valence-corrected chi connectivity index (χ4v) is 4.11. The van der Waals surface area contributed by atoms with E-state index in [0.29, 0.717) is 38.5 Å². The lowest BCUT2D eigenvalue weighted by Gasteiger charge is -2.30. The Morgan fingerprint density at radius 1 is 1.16 bits per heavy atom. The number of amides is 3. The van der Waals surface area contributed by atoms with E-state index in [2.05, 4.69) is 33.2 Å². The number of Topliss-reactive ketones (excluding diaryl/α,β-unsaturated/α-hetero) is 1. The summed E-state index contributed by atoms with van der Waals surface area (Å²) >= 11 is 2.05. The number of hydrogen-bond donors (Lipinski definition) is 3. The normalized spacial score (nSPS) is 15.7. The van der Waals surface area contributed by atoms with Crippen molar-refractivity contribution < 1.29 is 23.9 Å². The topological polar surface area (TPSA) is 120 Å². The van der Waals surface area contributed by atoms with Crippen LogP contribution in [0, 0.1) is 3.57 Å². The average molecular weight is 535 g/mol. The number of ether oxygens (including phenoxy) is 2. The van der Waals surface area contributed by atoms with Gasteiger partial charge in [-0.25, -0.2) is 4.79 Å². The summed E-state index contributed by atoms with van der Waals surface area (Å²) in [5.41, 5.74) is 7.46. The van der Waals surface area contributed by atoms with Gasteiger partial charge in [-0.2, -0.15) is 0 Å². The molecule has 1 aliphatic rings. The Hall–Kier alpha value is -3.08. The van der Waals surface area contributed by atoms with Gasteiger partial charge in [0.1, 0.15) is 0 Å². The van der Waals surface area contributed by atoms with E-state index in [4.69, 9.17) is 15.2 Å². The molecule has 0 fully saturated rings. The van der Waals surface area contributed by atoms with Crippen LogP contribution in [0.25, 0.3) is 5.70 Å². The minimum absolute atomic E-state index is 0.182. The van der Waals surface area contributed by atoms with Crippen molar-refractivity contribution in [3.05, 3.63) is 62.7 Å². The number of hydrogen-bond acceptors (Lipinski definition) is 5. The summed E-state index contributed by atoms with van der Waals surface area (Å²) in [5, 5.41) is 5.59. The molecule has 0 saturated carbocycles. The maximum absolute atomic E-state index is 12.7. The highest BCUT2D eigenvalue weighted by Gasteiger charge is 2.32. The fourth-order valence-electron chi connectivity index (χ4n) is 3.33. The van der Waals surface area contributed by atoms with Crippen LogP contribution in [0.3, 0.4) is 0 Å². The number of carbonyl (C=O) groups excluding carboxylic acids is 3. The molecule has 1 atom stereocenters. The molecule has 0 spiro atoms. The number of nitrogens with two attached hydrogens (primary N) is 1. The number of primary amides is 1. The Bertz CT molecular complexity index is 1050. The van der Waals surface area contributed by atoms with E-state index in [9.17, 15) is 14.4 Å². The van der Waals surface area contributed by atoms with Gasteiger partial charge in [0.05, 0.1) is 21.9 Å². The number of carbonyl (C=O) groups is 3. The summed E-state index contributed by atoms with van der Waals surface area (Å²) in [4.78, 5) is 36.3. The quantitative estimate of drug-likeness (QED) is 0.450. The third-order valence-electron chi connectivity index (χ3n) is 4.54. The Balaban J connectivity index is 2.14. The summed E-state index contributed by atoms with van der Waals surface area (Å²) < 4.78 is 11.9. The van der Waals surface area contributed by atoms with Crippen LogP contribution in [-0.2, 0) is 9.59 Å². The monoisotopic (exact) mass is 535 g/mol. The molecule has 1 unspecified atom stereocenters. The van der Waals surface area contributed by atoms with Crippen LogP contribution < -0.4 is 25.8 Å². The van der Waals surface area contributed by atoms with Crippen molar-refractivity contribution in [2.45, 2.75) is 19.9 Å². The van der Waals surface area contributed by atoms with Gasteiger partial charge in [-0.1, -0.05) is 30.3 Å². The smallest absolute Gasteiger partial charge is 0.320 e. The number of benzene rings is 2. The van der Waals surface area contributed by atoms with Crippen molar-refractivity contribution >= 4 is 46.0 Å². The third kappa shape index (κ3) is 5.16. The molecule has 0 saturated heterocycles. The first-order chi connectivity index (χ1) is 14.8. The molecular weight excluding hydrogens is 513 g/mol. The minimum Gasteiger partial charge on any atom is -0.490 e. The largest absolute Gasteiger partial charge is 0.490 e. The molecule has 0 aromatic heterocycles. The van der Waals surface area contributed by atoms with E-state index in [1.54, 1.807) is 12.1 Å². The zero-order valence-electron chi connectivity index (χ0n) is 17.0. The predicted octanol–water partition coefficient (Wildman–Crippen LogP) is 2.91. The average Bonchev–Trinajstić information content (AvgIpc) is 2.72. The van der Waals surface area contributed by atoms with Crippen molar-refractivity contribution in [1.29, 1.82) is 0 Å². The third-order valence-corrected chi connectivity index (χ3v) is 5.34. The van der Waals surface area contributed by atoms with E-state index in [1.807, 2.05) is 37.3 Å². The van der Waals surface area contributed by atoms with Crippen molar-refractivity contribution in [1.82, 2.24) is 10.6 Å². The first-order valence-electron chi connectivity index (χ1n) is 9.57. The maximum Gasteiger partial charge on any atom is 0.320 e. The van der Waals surface area contributed by atoms with Gasteiger partial charge < -0.3 is 25.8 Å². The van der Waals surface area contributed by atoms with Crippen LogP contribution in [0.5, 0.6) is 11.5 Å². The van der Waals surface area contributed by atoms with E-state index >= 15 is 0 Å². The first-order valence-corrected chi connectivity index (χ1v) is 10.6. The Morgan fingerprint density at radius 2 is 1.87 bits per heavy atom. The molecule has 8 nitrogen and oxygen atoms in total. The highest BCUT2D eigenvalue weighted by molar-refractivity contribution is 14.1. The predicted molar refractivity (Wildman–Crippen MR) is 123 cm³/mol. The first kappa shape index (κ1) is 22.6. The van der Waals surface area contributed by atoms with E-state index in [0.717, 1.165) is 5.56 Å². The van der Waals surface area contributed by atoms with Crippen molar-refractivity contribution in [2.75, 3.05) is 13.2 Å². The summed E-state index contributed by atoms with van der Waals surface area (Å²) in [5.74, 6) is -0.0230. The van der Waals surface area contributed by atoms with Crippen molar-refractivity contribution in [3.63, 3.8) is 0 Å². The van der Waals surface area contributed by atoms with E-state index in [-0.39, 0.29) is 12.4 Å². The highest BCUT2D eigenvalue weighted by atomic mass is 127. The number of rotatable bonds is 8. The minimum atomic E-state index is -0.695. The fraction of sp³-hybridized carbons (Fsp3) is 0.227. The van der Waals surface area contributed by atoms with Gasteiger partial charge in [-0.3, -0.25) is 9.59 Å². The summed E-state index contributed by atoms with van der Waals surface area (Å²) in [6.45, 7) is 3.34. The molecule has 162 valence electrons. The van der Waals surface area contributed by atoms with Gasteiger partial charge >= 0.3 is 6.03 Å². The SMILES string of the molecule is CCOc1cc(C2NC(=O)NC(c3ccccc3)=C2C(C)=O)cc(I)c1OCC(N)=O. The number of ketones is 1. The lowest BCUT2D eigenvalue weighted by Crippen LogP contribution is -2.44. The zero-order chi connectivity index (χ0) is 22.5. The Kier molecular flexibility index (Phi) is 7.16. The van der Waals surface area contributed by atoms with E-state index < -0.39 is 18.0 Å². The lowest BCUT2D eigenvalue weighted by molar-refractivity contribution is -0.120. The molecule has 9 heteroatoms. The van der Waals surface area contributed by atoms with Gasteiger partial charge in [0.2, 0.25) is 0 Å². The summed E-state index contributed by atoms with van der Waals surface area (Å²) in [6.07, 6.45) is 0. The second-order valence-corrected chi connectivity index (χ2v) is 7.92. The number of nitrogens with one attached hydrogen (secondary N) is 2. The van der Waals surface area contributed by atoms with Gasteiger partial charge in [0, 0.05) is 5.57 Å². The molecule has 0 aliphatic carbocycles. The molecule has 31 heavy (non-hydrogen) atoms. The molecule has 1 heterocycles. The second kappa shape index (κ2) is 9.82. The van der Waals surface area contributed by atoms with Crippen LogP contribution in [0.4, 0.5) is 4.79 Å². The van der Waals surface area contributed by atoms with E-state index in [1.165, 1.54) is 6.92 Å². The maximum atomic E-state index is 12.7. The van der Waals surface area contributed by atoms with Crippen LogP contribution in [0.2, 0.25) is 0 Å².